The maximum absolute atomic E-state index is 6.25. The Balaban J connectivity index is 2.08. The summed E-state index contributed by atoms with van der Waals surface area (Å²) in [6.07, 6.45) is 3.24. The molecule has 0 amide bonds. The molecule has 0 aliphatic heterocycles. The molecular weight excluding hydrogens is 307 g/mol. The Labute approximate surface area is 136 Å². The number of fused-ring (bicyclic) bond motifs is 1. The van der Waals surface area contributed by atoms with Crippen LogP contribution in [0.15, 0.2) is 18.2 Å². The van der Waals surface area contributed by atoms with Gasteiger partial charge in [-0.3, -0.25) is 0 Å². The van der Waals surface area contributed by atoms with Crippen molar-refractivity contribution >= 4 is 34.2 Å². The van der Waals surface area contributed by atoms with Gasteiger partial charge in [0.15, 0.2) is 0 Å². The van der Waals surface area contributed by atoms with Crippen LogP contribution in [0.2, 0.25) is 5.02 Å². The van der Waals surface area contributed by atoms with Crippen LogP contribution in [0.25, 0.3) is 11.0 Å². The number of aromatic nitrogens is 2. The van der Waals surface area contributed by atoms with E-state index >= 15 is 0 Å². The van der Waals surface area contributed by atoms with Crippen molar-refractivity contribution in [3.8, 4) is 0 Å². The van der Waals surface area contributed by atoms with Gasteiger partial charge in [0.2, 0.25) is 0 Å². The van der Waals surface area contributed by atoms with E-state index in [0.29, 0.717) is 5.02 Å². The average Bonchev–Trinajstić information content (AvgIpc) is 2.80. The van der Waals surface area contributed by atoms with Crippen molar-refractivity contribution in [2.75, 3.05) is 13.2 Å². The molecule has 3 nitrogen and oxygen atoms in total. The molecule has 1 heterocycles. The molecule has 0 bridgehead atoms. The Morgan fingerprint density at radius 2 is 2.05 bits per heavy atom. The summed E-state index contributed by atoms with van der Waals surface area (Å²) in [5, 5.41) is 0.570. The van der Waals surface area contributed by atoms with Crippen LogP contribution in [0.3, 0.4) is 0 Å². The molecule has 1 unspecified atom stereocenters. The molecule has 0 fully saturated rings. The highest BCUT2D eigenvalue weighted by atomic mass is 35.5. The molecule has 1 atom stereocenters. The molecule has 0 N–H and O–H groups in total. The number of nitrogens with zero attached hydrogens (tertiary/aromatic N) is 2. The lowest BCUT2D eigenvalue weighted by molar-refractivity contribution is 0.126. The number of rotatable bonds is 8. The molecule has 116 valence electrons. The molecule has 5 heteroatoms. The van der Waals surface area contributed by atoms with Gasteiger partial charge in [-0.2, -0.15) is 0 Å². The zero-order valence-electron chi connectivity index (χ0n) is 12.6. The first kappa shape index (κ1) is 16.6. The second-order valence-corrected chi connectivity index (χ2v) is 6.28. The van der Waals surface area contributed by atoms with Crippen LogP contribution in [0.5, 0.6) is 0 Å². The Morgan fingerprint density at radius 3 is 2.76 bits per heavy atom. The fourth-order valence-electron chi connectivity index (χ4n) is 2.33. The number of aryl methyl sites for hydroxylation is 1. The van der Waals surface area contributed by atoms with E-state index in [-0.39, 0.29) is 5.38 Å². The first-order valence-electron chi connectivity index (χ1n) is 7.51. The SMILES string of the molecule is CCCCOCCCn1c(C(C)Cl)nc2cc(Cl)ccc21. The van der Waals surface area contributed by atoms with Gasteiger partial charge in [0, 0.05) is 24.8 Å². The van der Waals surface area contributed by atoms with Crippen LogP contribution in [0, 0.1) is 0 Å². The van der Waals surface area contributed by atoms with E-state index in [4.69, 9.17) is 27.9 Å². The van der Waals surface area contributed by atoms with E-state index in [1.165, 1.54) is 6.42 Å². The quantitative estimate of drug-likeness (QED) is 0.492. The van der Waals surface area contributed by atoms with E-state index < -0.39 is 0 Å². The monoisotopic (exact) mass is 328 g/mol. The Bertz CT molecular complexity index is 581. The second kappa shape index (κ2) is 8.02. The van der Waals surface area contributed by atoms with E-state index in [9.17, 15) is 0 Å². The van der Waals surface area contributed by atoms with Gasteiger partial charge in [-0.05, 0) is 38.0 Å². The van der Waals surface area contributed by atoms with Crippen LogP contribution in [-0.2, 0) is 11.3 Å². The van der Waals surface area contributed by atoms with E-state index in [0.717, 1.165) is 49.5 Å². The predicted octanol–water partition coefficient (Wildman–Crippen LogP) is 5.20. The van der Waals surface area contributed by atoms with Gasteiger partial charge in [0.25, 0.3) is 0 Å². The highest BCUT2D eigenvalue weighted by molar-refractivity contribution is 6.31. The first-order chi connectivity index (χ1) is 10.1. The smallest absolute Gasteiger partial charge is 0.127 e. The number of benzene rings is 1. The van der Waals surface area contributed by atoms with E-state index in [2.05, 4.69) is 16.5 Å². The normalized spacial score (nSPS) is 13.0. The van der Waals surface area contributed by atoms with Crippen molar-refractivity contribution in [2.24, 2.45) is 0 Å². The molecule has 0 spiro atoms. The summed E-state index contributed by atoms with van der Waals surface area (Å²) in [6.45, 7) is 6.58. The molecular formula is C16H22Cl2N2O. The van der Waals surface area contributed by atoms with Crippen LogP contribution in [0.4, 0.5) is 0 Å². The lowest BCUT2D eigenvalue weighted by atomic mass is 10.3. The topological polar surface area (TPSA) is 27.1 Å². The van der Waals surface area contributed by atoms with Gasteiger partial charge >= 0.3 is 0 Å². The maximum atomic E-state index is 6.25. The Morgan fingerprint density at radius 1 is 1.29 bits per heavy atom. The predicted molar refractivity (Wildman–Crippen MR) is 89.4 cm³/mol. The lowest BCUT2D eigenvalue weighted by Crippen LogP contribution is -2.07. The van der Waals surface area contributed by atoms with Crippen molar-refractivity contribution in [1.29, 1.82) is 0 Å². The third-order valence-electron chi connectivity index (χ3n) is 3.41. The standard InChI is InChI=1S/C16H22Cl2N2O/c1-3-4-9-21-10-5-8-20-15-7-6-13(18)11-14(15)19-16(20)12(2)17/h6-7,11-12H,3-5,8-10H2,1-2H3. The molecule has 0 saturated heterocycles. The molecule has 0 aliphatic rings. The number of hydrogen-bond acceptors (Lipinski definition) is 2. The van der Waals surface area contributed by atoms with Crippen molar-refractivity contribution in [3.63, 3.8) is 0 Å². The molecule has 1 aromatic carbocycles. The van der Waals surface area contributed by atoms with Gasteiger partial charge < -0.3 is 9.30 Å². The van der Waals surface area contributed by atoms with Gasteiger partial charge in [-0.1, -0.05) is 24.9 Å². The maximum Gasteiger partial charge on any atom is 0.127 e. The number of imidazole rings is 1. The Kier molecular flexibility index (Phi) is 6.34. The van der Waals surface area contributed by atoms with Crippen LogP contribution in [-0.4, -0.2) is 22.8 Å². The number of alkyl halides is 1. The van der Waals surface area contributed by atoms with Crippen LogP contribution in [0.1, 0.15) is 44.3 Å². The van der Waals surface area contributed by atoms with E-state index in [1.807, 2.05) is 25.1 Å². The molecule has 0 saturated carbocycles. The number of hydrogen-bond donors (Lipinski definition) is 0. The van der Waals surface area contributed by atoms with Crippen LogP contribution >= 0.6 is 23.2 Å². The molecule has 1 aromatic heterocycles. The summed E-state index contributed by atoms with van der Waals surface area (Å²) in [5.74, 6) is 0.891. The molecule has 2 rings (SSSR count). The van der Waals surface area contributed by atoms with Crippen LogP contribution < -0.4 is 0 Å². The summed E-state index contributed by atoms with van der Waals surface area (Å²) in [5.41, 5.74) is 1.98. The van der Waals surface area contributed by atoms with Gasteiger partial charge in [-0.15, -0.1) is 11.6 Å². The van der Waals surface area contributed by atoms with E-state index in [1.54, 1.807) is 0 Å². The third-order valence-corrected chi connectivity index (χ3v) is 3.84. The highest BCUT2D eigenvalue weighted by Crippen LogP contribution is 2.26. The minimum absolute atomic E-state index is 0.128. The summed E-state index contributed by atoms with van der Waals surface area (Å²) in [6, 6.07) is 5.78. The fourth-order valence-corrected chi connectivity index (χ4v) is 2.67. The number of ether oxygens (including phenoxy) is 1. The highest BCUT2D eigenvalue weighted by Gasteiger charge is 2.14. The molecule has 21 heavy (non-hydrogen) atoms. The van der Waals surface area contributed by atoms with Crippen molar-refractivity contribution < 1.29 is 4.74 Å². The largest absolute Gasteiger partial charge is 0.381 e. The summed E-state index contributed by atoms with van der Waals surface area (Å²) < 4.78 is 7.79. The minimum Gasteiger partial charge on any atom is -0.381 e. The fraction of sp³-hybridized carbons (Fsp3) is 0.562. The number of unbranched alkanes of at least 4 members (excludes halogenated alkanes) is 1. The molecule has 0 radical (unpaired) electrons. The third kappa shape index (κ3) is 4.35. The molecule has 2 aromatic rings. The van der Waals surface area contributed by atoms with Crippen molar-refractivity contribution in [2.45, 2.75) is 45.0 Å². The summed E-state index contributed by atoms with van der Waals surface area (Å²) >= 11 is 12.3. The van der Waals surface area contributed by atoms with Gasteiger partial charge in [0.1, 0.15) is 5.82 Å². The summed E-state index contributed by atoms with van der Waals surface area (Å²) in [7, 11) is 0. The zero-order valence-corrected chi connectivity index (χ0v) is 14.1. The minimum atomic E-state index is -0.128. The average molecular weight is 329 g/mol. The number of halogens is 2. The molecule has 0 aliphatic carbocycles. The first-order valence-corrected chi connectivity index (χ1v) is 8.32. The van der Waals surface area contributed by atoms with Crippen molar-refractivity contribution in [3.05, 3.63) is 29.0 Å². The van der Waals surface area contributed by atoms with Crippen molar-refractivity contribution in [1.82, 2.24) is 9.55 Å². The van der Waals surface area contributed by atoms with Gasteiger partial charge in [-0.25, -0.2) is 4.98 Å². The lowest BCUT2D eigenvalue weighted by Gasteiger charge is -2.10. The Hall–Kier alpha value is -0.770. The summed E-state index contributed by atoms with van der Waals surface area (Å²) in [4.78, 5) is 4.61. The second-order valence-electron chi connectivity index (χ2n) is 5.19. The zero-order chi connectivity index (χ0) is 15.2. The van der Waals surface area contributed by atoms with Gasteiger partial charge in [0.05, 0.1) is 16.4 Å².